The molecule has 4 aliphatic carbocycles. The van der Waals surface area contributed by atoms with Crippen molar-refractivity contribution in [1.82, 2.24) is 0 Å². The van der Waals surface area contributed by atoms with Gasteiger partial charge in [0.05, 0.1) is 11.0 Å². The molecule has 4 rings (SSSR count). The zero-order chi connectivity index (χ0) is 19.8. The van der Waals surface area contributed by atoms with Crippen molar-refractivity contribution in [3.05, 3.63) is 0 Å². The molecular formula is C17H26F2O6S. The first-order valence-electron chi connectivity index (χ1n) is 8.90. The smallest absolute Gasteiger partial charge is 0.405 e. The lowest BCUT2D eigenvalue weighted by Crippen LogP contribution is -2.62. The minimum Gasteiger partial charge on any atom is -0.454 e. The van der Waals surface area contributed by atoms with Crippen molar-refractivity contribution in [3.8, 4) is 0 Å². The zero-order valence-electron chi connectivity index (χ0n) is 15.2. The molecule has 2 N–H and O–H groups in total. The molecule has 9 heteroatoms. The summed E-state index contributed by atoms with van der Waals surface area (Å²) in [5.41, 5.74) is -2.46. The van der Waals surface area contributed by atoms with Crippen LogP contribution in [-0.4, -0.2) is 41.0 Å². The summed E-state index contributed by atoms with van der Waals surface area (Å²) in [6.45, 7) is 4.19. The summed E-state index contributed by atoms with van der Waals surface area (Å²) in [4.78, 5) is 12.8. The molecule has 3 unspecified atom stereocenters. The summed E-state index contributed by atoms with van der Waals surface area (Å²) in [6, 6.07) is 0. The van der Waals surface area contributed by atoms with Gasteiger partial charge in [-0.3, -0.25) is 9.35 Å². The van der Waals surface area contributed by atoms with Crippen molar-refractivity contribution in [2.75, 3.05) is 0 Å². The van der Waals surface area contributed by atoms with E-state index in [2.05, 4.69) is 0 Å². The van der Waals surface area contributed by atoms with Gasteiger partial charge in [0.15, 0.2) is 6.10 Å². The Balaban J connectivity index is 1.86. The average molecular weight is 396 g/mol. The molecule has 0 aromatic rings. The molecular weight excluding hydrogens is 370 g/mol. The van der Waals surface area contributed by atoms with Crippen molar-refractivity contribution >= 4 is 16.1 Å². The number of carbonyl (C=O) groups is 1. The second kappa shape index (κ2) is 5.61. The van der Waals surface area contributed by atoms with E-state index in [1.54, 1.807) is 13.8 Å². The lowest BCUT2D eigenvalue weighted by molar-refractivity contribution is -0.216. The van der Waals surface area contributed by atoms with E-state index in [0.29, 0.717) is 19.3 Å². The quantitative estimate of drug-likeness (QED) is 0.547. The summed E-state index contributed by atoms with van der Waals surface area (Å²) in [5, 5.41) is 6.14. The molecule has 6 nitrogen and oxygen atoms in total. The summed E-state index contributed by atoms with van der Waals surface area (Å²) < 4.78 is 62.9. The standard InChI is InChI=1S/C17H26F2O6S/c1-10(17(18,19)26(22,23)24)25-13(20)15-5-11-4-12(6-15)8-16(7-11,9-15)14(2,3)21/h10-12,21H,4-9H2,1-3H3,(H,22,23,24). The van der Waals surface area contributed by atoms with E-state index in [4.69, 9.17) is 9.29 Å². The summed E-state index contributed by atoms with van der Waals surface area (Å²) >= 11 is 0. The van der Waals surface area contributed by atoms with E-state index >= 15 is 0 Å². The monoisotopic (exact) mass is 396 g/mol. The highest BCUT2D eigenvalue weighted by atomic mass is 32.2. The molecule has 26 heavy (non-hydrogen) atoms. The molecule has 0 spiro atoms. The number of carbonyl (C=O) groups excluding carboxylic acids is 1. The van der Waals surface area contributed by atoms with Crippen LogP contribution in [0.1, 0.15) is 59.3 Å². The van der Waals surface area contributed by atoms with E-state index in [-0.39, 0.29) is 11.8 Å². The fourth-order valence-corrected chi connectivity index (χ4v) is 6.25. The average Bonchev–Trinajstić information content (AvgIpc) is 2.43. The Hall–Kier alpha value is -0.800. The van der Waals surface area contributed by atoms with Crippen LogP contribution in [0.3, 0.4) is 0 Å². The molecule has 4 aliphatic rings. The van der Waals surface area contributed by atoms with Crippen molar-refractivity contribution in [2.45, 2.75) is 76.3 Å². The van der Waals surface area contributed by atoms with Gasteiger partial charge in [-0.25, -0.2) is 0 Å². The molecule has 4 fully saturated rings. The number of alkyl halides is 2. The molecule has 0 aromatic carbocycles. The highest BCUT2D eigenvalue weighted by Crippen LogP contribution is 2.68. The van der Waals surface area contributed by atoms with E-state index in [1.165, 1.54) is 0 Å². The second-order valence-corrected chi connectivity index (χ2v) is 10.7. The number of hydrogen-bond donors (Lipinski definition) is 2. The van der Waals surface area contributed by atoms with E-state index in [9.17, 15) is 27.1 Å². The molecule has 150 valence electrons. The first kappa shape index (κ1) is 19.9. The van der Waals surface area contributed by atoms with Gasteiger partial charge < -0.3 is 9.84 Å². The van der Waals surface area contributed by atoms with Crippen molar-refractivity contribution in [2.24, 2.45) is 22.7 Å². The lowest BCUT2D eigenvalue weighted by atomic mass is 9.41. The third-order valence-corrected chi connectivity index (χ3v) is 7.91. The van der Waals surface area contributed by atoms with E-state index in [1.807, 2.05) is 0 Å². The summed E-state index contributed by atoms with van der Waals surface area (Å²) in [7, 11) is -5.69. The Morgan fingerprint density at radius 3 is 2.12 bits per heavy atom. The molecule has 0 aliphatic heterocycles. The minimum atomic E-state index is -5.69. The lowest BCUT2D eigenvalue weighted by Gasteiger charge is -2.64. The Kier molecular flexibility index (Phi) is 4.30. The maximum Gasteiger partial charge on any atom is 0.405 e. The van der Waals surface area contributed by atoms with Crippen molar-refractivity contribution in [1.29, 1.82) is 0 Å². The number of esters is 1. The largest absolute Gasteiger partial charge is 0.454 e. The number of halogens is 2. The fraction of sp³-hybridized carbons (Fsp3) is 0.941. The molecule has 4 saturated carbocycles. The Labute approximate surface area is 152 Å². The minimum absolute atomic E-state index is 0.215. The normalized spacial score (nSPS) is 38.3. The molecule has 4 bridgehead atoms. The Morgan fingerprint density at radius 1 is 1.19 bits per heavy atom. The maximum atomic E-state index is 13.8. The van der Waals surface area contributed by atoms with Gasteiger partial charge in [0.1, 0.15) is 0 Å². The SMILES string of the molecule is CC(OC(=O)C12CC3CC(C1)CC(C(C)(C)O)(C3)C2)C(F)(F)S(=O)(=O)O. The molecule has 0 aromatic heterocycles. The molecule has 3 atom stereocenters. The summed E-state index contributed by atoms with van der Waals surface area (Å²) in [5.74, 6) is -0.420. The van der Waals surface area contributed by atoms with Crippen LogP contribution in [0.2, 0.25) is 0 Å². The topological polar surface area (TPSA) is 101 Å². The highest BCUT2D eigenvalue weighted by molar-refractivity contribution is 7.86. The predicted octanol–water partition coefficient (Wildman–Crippen LogP) is 2.76. The van der Waals surface area contributed by atoms with Crippen LogP contribution in [-0.2, 0) is 19.6 Å². The molecule has 0 amide bonds. The Morgan fingerprint density at radius 2 is 1.69 bits per heavy atom. The summed E-state index contributed by atoms with van der Waals surface area (Å²) in [6.07, 6.45) is 1.59. The van der Waals surface area contributed by atoms with Crippen LogP contribution in [0.4, 0.5) is 8.78 Å². The van der Waals surface area contributed by atoms with Gasteiger partial charge in [-0.2, -0.15) is 17.2 Å². The molecule has 0 radical (unpaired) electrons. The zero-order valence-corrected chi connectivity index (χ0v) is 16.0. The fourth-order valence-electron chi connectivity index (χ4n) is 5.78. The van der Waals surface area contributed by atoms with Crippen LogP contribution in [0.15, 0.2) is 0 Å². The number of aliphatic hydroxyl groups is 1. The van der Waals surface area contributed by atoms with Crippen molar-refractivity contribution in [3.63, 3.8) is 0 Å². The first-order chi connectivity index (χ1) is 11.6. The second-order valence-electron chi connectivity index (χ2n) is 9.17. The van der Waals surface area contributed by atoms with Gasteiger partial charge in [0.25, 0.3) is 0 Å². The van der Waals surface area contributed by atoms with Gasteiger partial charge in [-0.1, -0.05) is 0 Å². The van der Waals surface area contributed by atoms with Crippen LogP contribution >= 0.6 is 0 Å². The predicted molar refractivity (Wildman–Crippen MR) is 87.9 cm³/mol. The van der Waals surface area contributed by atoms with Crippen LogP contribution in [0, 0.1) is 22.7 Å². The number of hydrogen-bond acceptors (Lipinski definition) is 5. The molecule has 0 heterocycles. The van der Waals surface area contributed by atoms with Crippen LogP contribution in [0.25, 0.3) is 0 Å². The Bertz CT molecular complexity index is 697. The first-order valence-corrected chi connectivity index (χ1v) is 10.3. The van der Waals surface area contributed by atoms with Gasteiger partial charge in [0.2, 0.25) is 0 Å². The number of ether oxygens (including phenoxy) is 1. The highest BCUT2D eigenvalue weighted by Gasteiger charge is 2.65. The number of rotatable bonds is 5. The van der Waals surface area contributed by atoms with Crippen LogP contribution < -0.4 is 0 Å². The third-order valence-electron chi connectivity index (χ3n) is 6.89. The van der Waals surface area contributed by atoms with Crippen molar-refractivity contribution < 1.29 is 36.4 Å². The van der Waals surface area contributed by atoms with E-state index in [0.717, 1.165) is 26.2 Å². The van der Waals surface area contributed by atoms with E-state index < -0.39 is 43.9 Å². The third kappa shape index (κ3) is 2.86. The van der Waals surface area contributed by atoms with Gasteiger partial charge >= 0.3 is 21.3 Å². The van der Waals surface area contributed by atoms with Gasteiger partial charge in [-0.15, -0.1) is 0 Å². The van der Waals surface area contributed by atoms with Gasteiger partial charge in [-0.05, 0) is 71.1 Å². The maximum absolute atomic E-state index is 13.8. The molecule has 0 saturated heterocycles. The van der Waals surface area contributed by atoms with Crippen LogP contribution in [0.5, 0.6) is 0 Å². The van der Waals surface area contributed by atoms with Gasteiger partial charge in [0, 0.05) is 5.41 Å².